The second kappa shape index (κ2) is 6.36. The minimum Gasteiger partial charge on any atom is -0.394 e. The summed E-state index contributed by atoms with van der Waals surface area (Å²) in [7, 11) is 0. The van der Waals surface area contributed by atoms with Crippen molar-refractivity contribution in [2.75, 3.05) is 11.9 Å². The van der Waals surface area contributed by atoms with E-state index in [1.807, 2.05) is 0 Å². The van der Waals surface area contributed by atoms with Crippen molar-refractivity contribution in [2.45, 2.75) is 13.1 Å². The predicted molar refractivity (Wildman–Crippen MR) is 74.7 cm³/mol. The molecule has 8 heteroatoms. The lowest BCUT2D eigenvalue weighted by molar-refractivity contribution is -0.384. The number of non-ortho nitro benzene ring substituents is 1. The third-order valence-electron chi connectivity index (χ3n) is 2.69. The number of nitrogens with one attached hydrogen (secondary N) is 1. The predicted octanol–water partition coefficient (Wildman–Crippen LogP) is 2.05. The molecule has 106 valence electrons. The standard InChI is InChI=1S/C12H13ClN4O3/c13-12-2-1-11(17(19)20)5-9(12)6-14-10-7-15-16(8-10)3-4-18/h1-2,5,7-8,14,18H,3-4,6H2. The summed E-state index contributed by atoms with van der Waals surface area (Å²) in [6, 6.07) is 4.31. The molecule has 0 saturated heterocycles. The number of nitro benzene ring substituents is 1. The van der Waals surface area contributed by atoms with E-state index >= 15 is 0 Å². The van der Waals surface area contributed by atoms with Crippen LogP contribution in [0.3, 0.4) is 0 Å². The topological polar surface area (TPSA) is 93.2 Å². The maximum Gasteiger partial charge on any atom is 0.269 e. The van der Waals surface area contributed by atoms with Crippen LogP contribution in [-0.2, 0) is 13.1 Å². The molecule has 2 rings (SSSR count). The van der Waals surface area contributed by atoms with Gasteiger partial charge in [-0.2, -0.15) is 5.10 Å². The number of nitro groups is 1. The first-order valence-electron chi connectivity index (χ1n) is 5.90. The summed E-state index contributed by atoms with van der Waals surface area (Å²) in [5.74, 6) is 0. The van der Waals surface area contributed by atoms with Crippen molar-refractivity contribution in [1.29, 1.82) is 0 Å². The number of anilines is 1. The zero-order valence-corrected chi connectivity index (χ0v) is 11.2. The molecule has 0 aliphatic heterocycles. The summed E-state index contributed by atoms with van der Waals surface area (Å²) in [4.78, 5) is 10.3. The molecule has 1 aromatic carbocycles. The number of aromatic nitrogens is 2. The van der Waals surface area contributed by atoms with Crippen LogP contribution in [0.15, 0.2) is 30.6 Å². The molecule has 1 heterocycles. The molecule has 0 saturated carbocycles. The van der Waals surface area contributed by atoms with E-state index in [0.29, 0.717) is 23.7 Å². The Morgan fingerprint density at radius 2 is 2.30 bits per heavy atom. The summed E-state index contributed by atoms with van der Waals surface area (Å²) < 4.78 is 1.59. The lowest BCUT2D eigenvalue weighted by Gasteiger charge is -2.06. The summed E-state index contributed by atoms with van der Waals surface area (Å²) >= 11 is 6.01. The molecule has 0 atom stereocenters. The highest BCUT2D eigenvalue weighted by molar-refractivity contribution is 6.31. The SMILES string of the molecule is O=[N+]([O-])c1ccc(Cl)c(CNc2cnn(CCO)c2)c1. The molecule has 0 radical (unpaired) electrons. The van der Waals surface area contributed by atoms with Gasteiger partial charge in [-0.25, -0.2) is 0 Å². The third-order valence-corrected chi connectivity index (χ3v) is 3.05. The van der Waals surface area contributed by atoms with Gasteiger partial charge in [-0.05, 0) is 11.6 Å². The van der Waals surface area contributed by atoms with E-state index in [0.717, 1.165) is 5.69 Å². The van der Waals surface area contributed by atoms with Crippen molar-refractivity contribution in [3.05, 3.63) is 51.3 Å². The van der Waals surface area contributed by atoms with Crippen molar-refractivity contribution in [2.24, 2.45) is 0 Å². The normalized spacial score (nSPS) is 10.5. The van der Waals surface area contributed by atoms with Crippen LogP contribution >= 0.6 is 11.6 Å². The highest BCUT2D eigenvalue weighted by atomic mass is 35.5. The number of rotatable bonds is 6. The molecule has 2 N–H and O–H groups in total. The van der Waals surface area contributed by atoms with Crippen molar-refractivity contribution >= 4 is 23.0 Å². The molecule has 0 bridgehead atoms. The Labute approximate surface area is 119 Å². The van der Waals surface area contributed by atoms with Gasteiger partial charge in [0.15, 0.2) is 0 Å². The highest BCUT2D eigenvalue weighted by Crippen LogP contribution is 2.22. The van der Waals surface area contributed by atoms with Crippen molar-refractivity contribution in [3.63, 3.8) is 0 Å². The van der Waals surface area contributed by atoms with Gasteiger partial charge in [0.2, 0.25) is 0 Å². The molecule has 0 unspecified atom stereocenters. The Morgan fingerprint density at radius 3 is 3.00 bits per heavy atom. The van der Waals surface area contributed by atoms with Gasteiger partial charge >= 0.3 is 0 Å². The van der Waals surface area contributed by atoms with Crippen LogP contribution in [0.1, 0.15) is 5.56 Å². The second-order valence-corrected chi connectivity index (χ2v) is 4.51. The minimum atomic E-state index is -0.459. The number of hydrogen-bond acceptors (Lipinski definition) is 5. The van der Waals surface area contributed by atoms with Crippen LogP contribution in [-0.4, -0.2) is 26.4 Å². The molecule has 0 fully saturated rings. The fourth-order valence-electron chi connectivity index (χ4n) is 1.69. The largest absolute Gasteiger partial charge is 0.394 e. The van der Waals surface area contributed by atoms with Crippen LogP contribution in [0.25, 0.3) is 0 Å². The number of aliphatic hydroxyl groups excluding tert-OH is 1. The maximum atomic E-state index is 10.7. The van der Waals surface area contributed by atoms with Crippen LogP contribution in [0.2, 0.25) is 5.02 Å². The van der Waals surface area contributed by atoms with Gasteiger partial charge < -0.3 is 10.4 Å². The van der Waals surface area contributed by atoms with E-state index < -0.39 is 4.92 Å². The van der Waals surface area contributed by atoms with Gasteiger partial charge in [0, 0.05) is 29.9 Å². The van der Waals surface area contributed by atoms with E-state index in [-0.39, 0.29) is 12.3 Å². The first-order chi connectivity index (χ1) is 9.60. The Bertz CT molecular complexity index is 614. The third kappa shape index (κ3) is 3.46. The van der Waals surface area contributed by atoms with Crippen LogP contribution < -0.4 is 5.32 Å². The van der Waals surface area contributed by atoms with Gasteiger partial charge in [-0.3, -0.25) is 14.8 Å². The van der Waals surface area contributed by atoms with Gasteiger partial charge in [-0.15, -0.1) is 0 Å². The average molecular weight is 297 g/mol. The highest BCUT2D eigenvalue weighted by Gasteiger charge is 2.09. The summed E-state index contributed by atoms with van der Waals surface area (Å²) in [5.41, 5.74) is 1.39. The molecule has 0 aliphatic carbocycles. The molecule has 2 aromatic rings. The molecular formula is C12H13ClN4O3. The van der Waals surface area contributed by atoms with E-state index in [9.17, 15) is 10.1 Å². The fraction of sp³-hybridized carbons (Fsp3) is 0.250. The lowest BCUT2D eigenvalue weighted by Crippen LogP contribution is -2.02. The molecule has 0 aliphatic rings. The second-order valence-electron chi connectivity index (χ2n) is 4.10. The Morgan fingerprint density at radius 1 is 1.50 bits per heavy atom. The maximum absolute atomic E-state index is 10.7. The number of nitrogens with zero attached hydrogens (tertiary/aromatic N) is 3. The summed E-state index contributed by atoms with van der Waals surface area (Å²) in [5, 5.41) is 27.1. The summed E-state index contributed by atoms with van der Waals surface area (Å²) in [6.07, 6.45) is 3.35. The van der Waals surface area contributed by atoms with Crippen molar-refractivity contribution in [3.8, 4) is 0 Å². The quantitative estimate of drug-likeness (QED) is 0.628. The van der Waals surface area contributed by atoms with Crippen LogP contribution in [0.5, 0.6) is 0 Å². The van der Waals surface area contributed by atoms with Crippen LogP contribution in [0.4, 0.5) is 11.4 Å². The Hall–Kier alpha value is -2.12. The molecule has 0 spiro atoms. The van der Waals surface area contributed by atoms with Crippen LogP contribution in [0, 0.1) is 10.1 Å². The Balaban J connectivity index is 2.05. The number of aliphatic hydroxyl groups is 1. The number of halogens is 1. The first kappa shape index (κ1) is 14.3. The number of benzene rings is 1. The van der Waals surface area contributed by atoms with Gasteiger partial charge in [0.25, 0.3) is 5.69 Å². The smallest absolute Gasteiger partial charge is 0.269 e. The zero-order chi connectivity index (χ0) is 14.5. The van der Waals surface area contributed by atoms with Crippen molar-refractivity contribution < 1.29 is 10.0 Å². The van der Waals surface area contributed by atoms with E-state index in [2.05, 4.69) is 10.4 Å². The van der Waals surface area contributed by atoms with Gasteiger partial charge in [-0.1, -0.05) is 11.6 Å². The average Bonchev–Trinajstić information content (AvgIpc) is 2.86. The first-order valence-corrected chi connectivity index (χ1v) is 6.28. The van der Waals surface area contributed by atoms with E-state index in [1.165, 1.54) is 18.2 Å². The van der Waals surface area contributed by atoms with Crippen molar-refractivity contribution in [1.82, 2.24) is 9.78 Å². The van der Waals surface area contributed by atoms with Gasteiger partial charge in [0.05, 0.1) is 30.0 Å². The molecule has 20 heavy (non-hydrogen) atoms. The lowest BCUT2D eigenvalue weighted by atomic mass is 10.2. The molecule has 0 amide bonds. The fourth-order valence-corrected chi connectivity index (χ4v) is 1.87. The molecule has 1 aromatic heterocycles. The van der Waals surface area contributed by atoms with E-state index in [1.54, 1.807) is 17.1 Å². The molecule has 7 nitrogen and oxygen atoms in total. The van der Waals surface area contributed by atoms with Gasteiger partial charge in [0.1, 0.15) is 0 Å². The summed E-state index contributed by atoms with van der Waals surface area (Å²) in [6.45, 7) is 0.780. The Kier molecular flexibility index (Phi) is 4.54. The molecular weight excluding hydrogens is 284 g/mol. The van der Waals surface area contributed by atoms with E-state index in [4.69, 9.17) is 16.7 Å². The monoisotopic (exact) mass is 296 g/mol. The minimum absolute atomic E-state index is 0.00201. The number of hydrogen-bond donors (Lipinski definition) is 2. The zero-order valence-electron chi connectivity index (χ0n) is 10.5.